The molecule has 0 spiro atoms. The molecule has 0 N–H and O–H groups in total. The number of rotatable bonds is 6. The van der Waals surface area contributed by atoms with Crippen molar-refractivity contribution in [3.8, 4) is 11.8 Å². The van der Waals surface area contributed by atoms with Gasteiger partial charge in [0, 0.05) is 16.1 Å². The summed E-state index contributed by atoms with van der Waals surface area (Å²) in [5.74, 6) is 6.38. The molecule has 0 unspecified atom stereocenters. The first-order chi connectivity index (χ1) is 10.8. The molecule has 1 heteroatoms. The Hall–Kier alpha value is -1.71. The molecule has 2 rings (SSSR count). The highest BCUT2D eigenvalue weighted by atomic mass is 35.5. The first-order valence-electron chi connectivity index (χ1n) is 8.05. The van der Waals surface area contributed by atoms with Crippen LogP contribution < -0.4 is 0 Å². The van der Waals surface area contributed by atoms with Gasteiger partial charge in [0.25, 0.3) is 0 Å². The summed E-state index contributed by atoms with van der Waals surface area (Å²) >= 11 is 5.88. The van der Waals surface area contributed by atoms with E-state index in [0.717, 1.165) is 22.6 Å². The Morgan fingerprint density at radius 1 is 0.909 bits per heavy atom. The highest BCUT2D eigenvalue weighted by Crippen LogP contribution is 2.11. The van der Waals surface area contributed by atoms with Gasteiger partial charge in [-0.15, -0.1) is 0 Å². The van der Waals surface area contributed by atoms with Crippen LogP contribution >= 0.6 is 11.6 Å². The van der Waals surface area contributed by atoms with Gasteiger partial charge in [0.1, 0.15) is 0 Å². The molecule has 0 aromatic heterocycles. The summed E-state index contributed by atoms with van der Waals surface area (Å²) in [6.07, 6.45) is 7.67. The summed E-state index contributed by atoms with van der Waals surface area (Å²) in [5.41, 5.74) is 3.34. The standard InChI is InChI=1S/C21H22Cl/c1-2-3-4-5-6-8-19-9-7-10-20(17-19)12-11-18-13-15-21(22)16-14-18/h9-10,13-17H,2-6,8H2,1H3. The number of hydrogen-bond acceptors (Lipinski definition) is 0. The average molecular weight is 310 g/mol. The first-order valence-corrected chi connectivity index (χ1v) is 8.43. The lowest BCUT2D eigenvalue weighted by Gasteiger charge is -2.02. The fraction of sp³-hybridized carbons (Fsp3) is 0.333. The Morgan fingerprint density at radius 2 is 1.64 bits per heavy atom. The topological polar surface area (TPSA) is 0 Å². The van der Waals surface area contributed by atoms with Gasteiger partial charge in [-0.2, -0.15) is 0 Å². The van der Waals surface area contributed by atoms with Crippen molar-refractivity contribution in [3.05, 3.63) is 70.2 Å². The Morgan fingerprint density at radius 3 is 2.41 bits per heavy atom. The fourth-order valence-electron chi connectivity index (χ4n) is 2.35. The van der Waals surface area contributed by atoms with Crippen molar-refractivity contribution in [2.75, 3.05) is 0 Å². The van der Waals surface area contributed by atoms with Crippen LogP contribution in [-0.4, -0.2) is 0 Å². The lowest BCUT2D eigenvalue weighted by atomic mass is 10.0. The summed E-state index contributed by atoms with van der Waals surface area (Å²) in [4.78, 5) is 0. The zero-order chi connectivity index (χ0) is 15.6. The molecule has 2 aromatic rings. The number of halogens is 1. The molecule has 0 aliphatic rings. The predicted octanol–water partition coefficient (Wildman–Crippen LogP) is 6.05. The Kier molecular flexibility index (Phi) is 7.07. The van der Waals surface area contributed by atoms with Crippen molar-refractivity contribution in [3.63, 3.8) is 0 Å². The predicted molar refractivity (Wildman–Crippen MR) is 95.2 cm³/mol. The Bertz CT molecular complexity index is 629. The largest absolute Gasteiger partial charge is 0.0843 e. The molecule has 1 radical (unpaired) electrons. The smallest absolute Gasteiger partial charge is 0.0406 e. The van der Waals surface area contributed by atoms with Crippen LogP contribution in [0.5, 0.6) is 0 Å². The highest BCUT2D eigenvalue weighted by molar-refractivity contribution is 6.30. The number of hydrogen-bond donors (Lipinski definition) is 0. The summed E-state index contributed by atoms with van der Waals surface area (Å²) in [6.45, 7) is 2.25. The van der Waals surface area contributed by atoms with Gasteiger partial charge in [0.2, 0.25) is 0 Å². The van der Waals surface area contributed by atoms with E-state index in [-0.39, 0.29) is 0 Å². The molecule has 0 amide bonds. The second-order valence-electron chi connectivity index (χ2n) is 5.55. The van der Waals surface area contributed by atoms with E-state index in [4.69, 9.17) is 11.6 Å². The van der Waals surface area contributed by atoms with Crippen LogP contribution in [0.25, 0.3) is 0 Å². The molecular weight excluding hydrogens is 288 g/mol. The average Bonchev–Trinajstić information content (AvgIpc) is 2.55. The maximum absolute atomic E-state index is 5.88. The normalized spacial score (nSPS) is 10.1. The summed E-state index contributed by atoms with van der Waals surface area (Å²) in [7, 11) is 0. The van der Waals surface area contributed by atoms with Crippen molar-refractivity contribution >= 4 is 11.6 Å². The molecule has 22 heavy (non-hydrogen) atoms. The van der Waals surface area contributed by atoms with Crippen LogP contribution in [0.15, 0.2) is 42.5 Å². The van der Waals surface area contributed by atoms with Gasteiger partial charge in [-0.25, -0.2) is 0 Å². The minimum Gasteiger partial charge on any atom is -0.0843 e. The quantitative estimate of drug-likeness (QED) is 0.450. The van der Waals surface area contributed by atoms with E-state index in [2.05, 4.69) is 37.0 Å². The van der Waals surface area contributed by atoms with Gasteiger partial charge in [-0.3, -0.25) is 0 Å². The third-order valence-electron chi connectivity index (χ3n) is 3.61. The van der Waals surface area contributed by atoms with Crippen molar-refractivity contribution < 1.29 is 0 Å². The minimum absolute atomic E-state index is 0.740. The number of unbranched alkanes of at least 4 members (excludes halogenated alkanes) is 4. The second kappa shape index (κ2) is 9.34. The SMILES string of the molecule is CCCCCCCc1c[c]cc(C#Cc2ccc(Cl)cc2)c1. The molecule has 0 aliphatic heterocycles. The van der Waals surface area contributed by atoms with Crippen LogP contribution in [0.1, 0.15) is 55.7 Å². The highest BCUT2D eigenvalue weighted by Gasteiger charge is 1.96. The lowest BCUT2D eigenvalue weighted by Crippen LogP contribution is -1.87. The third-order valence-corrected chi connectivity index (χ3v) is 3.86. The van der Waals surface area contributed by atoms with Gasteiger partial charge in [0.05, 0.1) is 0 Å². The Labute approximate surface area is 139 Å². The van der Waals surface area contributed by atoms with E-state index in [9.17, 15) is 0 Å². The maximum Gasteiger partial charge on any atom is 0.0406 e. The van der Waals surface area contributed by atoms with E-state index in [1.807, 2.05) is 30.3 Å². The Balaban J connectivity index is 1.92. The zero-order valence-corrected chi connectivity index (χ0v) is 13.9. The molecule has 0 bridgehead atoms. The second-order valence-corrected chi connectivity index (χ2v) is 5.99. The molecule has 0 fully saturated rings. The first kappa shape index (κ1) is 16.7. The lowest BCUT2D eigenvalue weighted by molar-refractivity contribution is 0.632. The van der Waals surface area contributed by atoms with Crippen molar-refractivity contribution in [1.29, 1.82) is 0 Å². The minimum atomic E-state index is 0.740. The van der Waals surface area contributed by atoms with Crippen molar-refractivity contribution in [2.45, 2.75) is 45.4 Å². The molecular formula is C21H22Cl. The molecule has 2 aromatic carbocycles. The molecule has 0 saturated heterocycles. The fourth-order valence-corrected chi connectivity index (χ4v) is 2.47. The van der Waals surface area contributed by atoms with Gasteiger partial charge in [0.15, 0.2) is 0 Å². The molecule has 0 nitrogen and oxygen atoms in total. The monoisotopic (exact) mass is 309 g/mol. The van der Waals surface area contributed by atoms with E-state index in [0.29, 0.717) is 0 Å². The van der Waals surface area contributed by atoms with Gasteiger partial charge < -0.3 is 0 Å². The van der Waals surface area contributed by atoms with Gasteiger partial charge >= 0.3 is 0 Å². The summed E-state index contributed by atoms with van der Waals surface area (Å²) in [5, 5.41) is 0.740. The molecule has 0 atom stereocenters. The van der Waals surface area contributed by atoms with Crippen LogP contribution in [0, 0.1) is 17.9 Å². The molecule has 0 aliphatic carbocycles. The van der Waals surface area contributed by atoms with Crippen LogP contribution in [0.3, 0.4) is 0 Å². The van der Waals surface area contributed by atoms with E-state index < -0.39 is 0 Å². The van der Waals surface area contributed by atoms with Gasteiger partial charge in [-0.05, 0) is 60.9 Å². The van der Waals surface area contributed by atoms with Crippen molar-refractivity contribution in [1.82, 2.24) is 0 Å². The maximum atomic E-state index is 5.88. The third kappa shape index (κ3) is 5.96. The summed E-state index contributed by atoms with van der Waals surface area (Å²) < 4.78 is 0. The zero-order valence-electron chi connectivity index (χ0n) is 13.2. The number of aryl methyl sites for hydroxylation is 1. The van der Waals surface area contributed by atoms with Crippen LogP contribution in [0.4, 0.5) is 0 Å². The summed E-state index contributed by atoms with van der Waals surface area (Å²) in [6, 6.07) is 17.0. The molecule has 0 heterocycles. The molecule has 113 valence electrons. The number of benzene rings is 2. The van der Waals surface area contributed by atoms with E-state index in [1.54, 1.807) is 0 Å². The van der Waals surface area contributed by atoms with Crippen molar-refractivity contribution in [2.24, 2.45) is 0 Å². The van der Waals surface area contributed by atoms with Crippen LogP contribution in [-0.2, 0) is 6.42 Å². The van der Waals surface area contributed by atoms with Gasteiger partial charge in [-0.1, -0.05) is 62.1 Å². The molecule has 0 saturated carbocycles. The van der Waals surface area contributed by atoms with E-state index >= 15 is 0 Å². The van der Waals surface area contributed by atoms with E-state index in [1.165, 1.54) is 37.7 Å². The van der Waals surface area contributed by atoms with Crippen LogP contribution in [0.2, 0.25) is 5.02 Å².